The van der Waals surface area contributed by atoms with Crippen LogP contribution >= 0.6 is 11.8 Å². The fraction of sp³-hybridized carbons (Fsp3) is 0.294. The van der Waals surface area contributed by atoms with Crippen molar-refractivity contribution >= 4 is 17.7 Å². The molecule has 0 aliphatic heterocycles. The number of hydrogen-bond acceptors (Lipinski definition) is 3. The molecule has 22 heavy (non-hydrogen) atoms. The fourth-order valence-corrected chi connectivity index (χ4v) is 2.76. The van der Waals surface area contributed by atoms with Crippen LogP contribution in [0.25, 0.3) is 5.69 Å². The molecule has 1 aromatic heterocycles. The number of aryl methyl sites for hydroxylation is 2. The number of nitrogens with zero attached hydrogens (tertiary/aromatic N) is 2. The number of amides is 1. The van der Waals surface area contributed by atoms with E-state index in [4.69, 9.17) is 5.26 Å². The van der Waals surface area contributed by atoms with Gasteiger partial charge in [0.15, 0.2) is 0 Å². The van der Waals surface area contributed by atoms with E-state index in [2.05, 4.69) is 48.0 Å². The van der Waals surface area contributed by atoms with Crippen molar-refractivity contribution < 1.29 is 4.79 Å². The number of nitriles is 1. The van der Waals surface area contributed by atoms with Crippen LogP contribution in [0.5, 0.6) is 0 Å². The zero-order chi connectivity index (χ0) is 15.9. The maximum Gasteiger partial charge on any atom is 0.230 e. The highest BCUT2D eigenvalue weighted by atomic mass is 32.2. The Labute approximate surface area is 135 Å². The average Bonchev–Trinajstić information content (AvgIpc) is 2.85. The van der Waals surface area contributed by atoms with Gasteiger partial charge in [-0.05, 0) is 43.7 Å². The Morgan fingerprint density at radius 3 is 2.41 bits per heavy atom. The Bertz CT molecular complexity index is 663. The zero-order valence-corrected chi connectivity index (χ0v) is 13.6. The minimum absolute atomic E-state index is 0.0403. The monoisotopic (exact) mass is 313 g/mol. The lowest BCUT2D eigenvalue weighted by molar-refractivity contribution is -0.118. The van der Waals surface area contributed by atoms with E-state index in [1.807, 2.05) is 18.2 Å². The Balaban J connectivity index is 1.93. The van der Waals surface area contributed by atoms with Gasteiger partial charge in [-0.3, -0.25) is 4.79 Å². The van der Waals surface area contributed by atoms with E-state index < -0.39 is 0 Å². The topological polar surface area (TPSA) is 57.8 Å². The molecule has 0 saturated carbocycles. The summed E-state index contributed by atoms with van der Waals surface area (Å²) in [5.41, 5.74) is 4.59. The van der Waals surface area contributed by atoms with Crippen LogP contribution in [0, 0.1) is 25.2 Å². The molecule has 0 atom stereocenters. The van der Waals surface area contributed by atoms with E-state index in [0.717, 1.165) is 11.3 Å². The van der Waals surface area contributed by atoms with E-state index in [9.17, 15) is 4.79 Å². The Hall–Kier alpha value is -2.19. The van der Waals surface area contributed by atoms with Gasteiger partial charge in [0.1, 0.15) is 0 Å². The molecule has 0 aliphatic carbocycles. The van der Waals surface area contributed by atoms with E-state index >= 15 is 0 Å². The van der Waals surface area contributed by atoms with E-state index in [1.165, 1.54) is 23.1 Å². The summed E-state index contributed by atoms with van der Waals surface area (Å²) in [5, 5.41) is 11.3. The number of aromatic nitrogens is 1. The largest absolute Gasteiger partial charge is 0.351 e. The van der Waals surface area contributed by atoms with Crippen LogP contribution in [0.4, 0.5) is 0 Å². The highest BCUT2D eigenvalue weighted by Crippen LogP contribution is 2.16. The molecule has 0 saturated heterocycles. The summed E-state index contributed by atoms with van der Waals surface area (Å²) in [7, 11) is 0. The second-order valence-electron chi connectivity index (χ2n) is 5.05. The number of carbonyl (C=O) groups excluding carboxylic acids is 1. The first-order valence-electron chi connectivity index (χ1n) is 7.07. The highest BCUT2D eigenvalue weighted by Gasteiger charge is 2.05. The van der Waals surface area contributed by atoms with Crippen LogP contribution in [0.2, 0.25) is 0 Å². The second-order valence-corrected chi connectivity index (χ2v) is 6.03. The first-order valence-corrected chi connectivity index (χ1v) is 8.23. The van der Waals surface area contributed by atoms with Crippen molar-refractivity contribution in [3.63, 3.8) is 0 Å². The predicted molar refractivity (Wildman–Crippen MR) is 90.0 cm³/mol. The number of carbonyl (C=O) groups is 1. The normalized spacial score (nSPS) is 10.2. The number of hydrogen-bond donors (Lipinski definition) is 1. The predicted octanol–water partition coefficient (Wildman–Crippen LogP) is 2.97. The summed E-state index contributed by atoms with van der Waals surface area (Å²) in [6, 6.07) is 14.4. The average molecular weight is 313 g/mol. The minimum Gasteiger partial charge on any atom is -0.351 e. The molecule has 0 aliphatic rings. The SMILES string of the molecule is Cc1ccc(C)n1-c1ccc(CNC(=O)CSCC#N)cc1. The number of benzene rings is 1. The van der Waals surface area contributed by atoms with Gasteiger partial charge in [0.2, 0.25) is 5.91 Å². The smallest absolute Gasteiger partial charge is 0.230 e. The molecule has 2 rings (SSSR count). The number of rotatable bonds is 6. The van der Waals surface area contributed by atoms with Crippen LogP contribution in [-0.4, -0.2) is 22.0 Å². The first-order chi connectivity index (χ1) is 10.6. The summed E-state index contributed by atoms with van der Waals surface area (Å²) >= 11 is 1.32. The Kier molecular flexibility index (Phi) is 5.68. The van der Waals surface area contributed by atoms with Gasteiger partial charge in [-0.2, -0.15) is 5.26 Å². The first kappa shape index (κ1) is 16.2. The molecule has 1 heterocycles. The standard InChI is InChI=1S/C17H19N3OS/c1-13-3-4-14(2)20(13)16-7-5-15(6-8-16)11-19-17(21)12-22-10-9-18/h3-8H,10-12H2,1-2H3,(H,19,21). The van der Waals surface area contributed by atoms with E-state index in [1.54, 1.807) is 0 Å². The van der Waals surface area contributed by atoms with Gasteiger partial charge in [-0.1, -0.05) is 12.1 Å². The lowest BCUT2D eigenvalue weighted by atomic mass is 10.2. The molecule has 0 spiro atoms. The molecule has 114 valence electrons. The molecule has 0 radical (unpaired) electrons. The van der Waals surface area contributed by atoms with Gasteiger partial charge in [0.05, 0.1) is 17.6 Å². The summed E-state index contributed by atoms with van der Waals surface area (Å²) in [5.74, 6) is 0.631. The van der Waals surface area contributed by atoms with Gasteiger partial charge < -0.3 is 9.88 Å². The summed E-state index contributed by atoms with van der Waals surface area (Å²) in [6.07, 6.45) is 0. The maximum absolute atomic E-state index is 11.6. The van der Waals surface area contributed by atoms with E-state index in [0.29, 0.717) is 18.1 Å². The van der Waals surface area contributed by atoms with Crippen molar-refractivity contribution in [1.29, 1.82) is 5.26 Å². The van der Waals surface area contributed by atoms with Crippen molar-refractivity contribution in [2.45, 2.75) is 20.4 Å². The second kappa shape index (κ2) is 7.71. The third-order valence-corrected chi connectivity index (χ3v) is 4.15. The lowest BCUT2D eigenvalue weighted by Crippen LogP contribution is -2.24. The third-order valence-electron chi connectivity index (χ3n) is 3.36. The molecule has 0 unspecified atom stereocenters. The molecule has 0 bridgehead atoms. The summed E-state index contributed by atoms with van der Waals surface area (Å²) in [6.45, 7) is 4.68. The molecule has 4 nitrogen and oxygen atoms in total. The molecule has 1 aromatic carbocycles. The summed E-state index contributed by atoms with van der Waals surface area (Å²) in [4.78, 5) is 11.6. The Morgan fingerprint density at radius 2 is 1.82 bits per heavy atom. The quantitative estimate of drug-likeness (QED) is 0.834. The van der Waals surface area contributed by atoms with Crippen LogP contribution in [0.1, 0.15) is 17.0 Å². The van der Waals surface area contributed by atoms with Gasteiger partial charge >= 0.3 is 0 Å². The van der Waals surface area contributed by atoms with Crippen molar-refractivity contribution in [3.05, 3.63) is 53.3 Å². The molecule has 0 fully saturated rings. The van der Waals surface area contributed by atoms with Gasteiger partial charge in [0, 0.05) is 23.6 Å². The van der Waals surface area contributed by atoms with Crippen LogP contribution in [0.15, 0.2) is 36.4 Å². The van der Waals surface area contributed by atoms with Gasteiger partial charge in [-0.15, -0.1) is 11.8 Å². The van der Waals surface area contributed by atoms with Crippen molar-refractivity contribution in [1.82, 2.24) is 9.88 Å². The molecule has 2 aromatic rings. The summed E-state index contributed by atoms with van der Waals surface area (Å²) < 4.78 is 2.20. The van der Waals surface area contributed by atoms with Crippen LogP contribution < -0.4 is 5.32 Å². The zero-order valence-electron chi connectivity index (χ0n) is 12.8. The Morgan fingerprint density at radius 1 is 1.18 bits per heavy atom. The number of nitrogens with one attached hydrogen (secondary N) is 1. The molecular formula is C17H19N3OS. The van der Waals surface area contributed by atoms with Crippen molar-refractivity contribution in [3.8, 4) is 11.8 Å². The van der Waals surface area contributed by atoms with Crippen LogP contribution in [-0.2, 0) is 11.3 Å². The van der Waals surface area contributed by atoms with Crippen molar-refractivity contribution in [2.75, 3.05) is 11.5 Å². The minimum atomic E-state index is -0.0403. The van der Waals surface area contributed by atoms with E-state index in [-0.39, 0.29) is 5.91 Å². The van der Waals surface area contributed by atoms with Gasteiger partial charge in [0.25, 0.3) is 0 Å². The molecular weight excluding hydrogens is 294 g/mol. The molecule has 1 amide bonds. The van der Waals surface area contributed by atoms with Gasteiger partial charge in [-0.25, -0.2) is 0 Å². The fourth-order valence-electron chi connectivity index (χ4n) is 2.28. The maximum atomic E-state index is 11.6. The highest BCUT2D eigenvalue weighted by molar-refractivity contribution is 8.00. The van der Waals surface area contributed by atoms with Crippen LogP contribution in [0.3, 0.4) is 0 Å². The molecule has 1 N–H and O–H groups in total. The lowest BCUT2D eigenvalue weighted by Gasteiger charge is -2.10. The van der Waals surface area contributed by atoms with Crippen molar-refractivity contribution in [2.24, 2.45) is 0 Å². The third kappa shape index (κ3) is 4.15. The number of thioether (sulfide) groups is 1. The molecule has 5 heteroatoms.